The third kappa shape index (κ3) is 12.4. The van der Waals surface area contributed by atoms with Gasteiger partial charge in [-0.05, 0) is 32.1 Å². The van der Waals surface area contributed by atoms with Gasteiger partial charge >= 0.3 is 0 Å². The lowest BCUT2D eigenvalue weighted by Crippen LogP contribution is -2.51. The molecule has 1 unspecified atom stereocenters. The first-order valence-electron chi connectivity index (χ1n) is 12.5. The number of nitrogens with zero attached hydrogens (tertiary/aromatic N) is 1. The van der Waals surface area contributed by atoms with E-state index in [0.29, 0.717) is 0 Å². The van der Waals surface area contributed by atoms with Gasteiger partial charge in [-0.15, -0.1) is 0 Å². The van der Waals surface area contributed by atoms with Crippen molar-refractivity contribution in [1.82, 2.24) is 0 Å². The number of quaternary nitrogens is 1. The Morgan fingerprint density at radius 2 is 1.00 bits per heavy atom. The van der Waals surface area contributed by atoms with Crippen LogP contribution in [0.25, 0.3) is 0 Å². The molecule has 1 heteroatoms. The van der Waals surface area contributed by atoms with Crippen LogP contribution in [0, 0.1) is 0 Å². The zero-order chi connectivity index (χ0) is 18.9. The molecule has 0 aromatic rings. The number of hydrogen-bond donors (Lipinski definition) is 0. The average molecular weight is 367 g/mol. The Bertz CT molecular complexity index is 297. The van der Waals surface area contributed by atoms with Crippen molar-refractivity contribution >= 4 is 0 Å². The summed E-state index contributed by atoms with van der Waals surface area (Å²) in [4.78, 5) is 0. The van der Waals surface area contributed by atoms with Gasteiger partial charge in [0.25, 0.3) is 0 Å². The smallest absolute Gasteiger partial charge is 0.0886 e. The molecule has 1 saturated heterocycles. The summed E-state index contributed by atoms with van der Waals surface area (Å²) >= 11 is 0. The van der Waals surface area contributed by atoms with Crippen molar-refractivity contribution in [2.24, 2.45) is 0 Å². The van der Waals surface area contributed by atoms with E-state index >= 15 is 0 Å². The monoisotopic (exact) mass is 366 g/mol. The zero-order valence-electron chi connectivity index (χ0n) is 18.9. The fourth-order valence-electron chi connectivity index (χ4n) is 4.85. The predicted molar refractivity (Wildman–Crippen MR) is 119 cm³/mol. The quantitative estimate of drug-likeness (QED) is 0.179. The summed E-state index contributed by atoms with van der Waals surface area (Å²) in [7, 11) is 4.91. The van der Waals surface area contributed by atoms with Crippen LogP contribution in [0.1, 0.15) is 135 Å². The molecule has 0 N–H and O–H groups in total. The van der Waals surface area contributed by atoms with E-state index in [1.165, 1.54) is 139 Å². The molecule has 1 aliphatic heterocycles. The Kier molecular flexibility index (Phi) is 14.7. The lowest BCUT2D eigenvalue weighted by molar-refractivity contribution is -0.920. The third-order valence-electron chi connectivity index (χ3n) is 6.90. The minimum Gasteiger partial charge on any atom is -0.326 e. The molecule has 0 radical (unpaired) electrons. The Morgan fingerprint density at radius 3 is 1.42 bits per heavy atom. The van der Waals surface area contributed by atoms with Crippen LogP contribution in [0.4, 0.5) is 0 Å². The van der Waals surface area contributed by atoms with E-state index in [0.717, 1.165) is 6.04 Å². The van der Waals surface area contributed by atoms with Crippen LogP contribution in [-0.4, -0.2) is 31.2 Å². The Morgan fingerprint density at radius 1 is 0.577 bits per heavy atom. The van der Waals surface area contributed by atoms with Gasteiger partial charge in [-0.25, -0.2) is 0 Å². The second-order valence-corrected chi connectivity index (χ2v) is 9.74. The van der Waals surface area contributed by atoms with Gasteiger partial charge in [0, 0.05) is 0 Å². The minimum atomic E-state index is 0.954. The molecule has 26 heavy (non-hydrogen) atoms. The topological polar surface area (TPSA) is 0 Å². The van der Waals surface area contributed by atoms with Gasteiger partial charge in [0.1, 0.15) is 0 Å². The summed E-state index contributed by atoms with van der Waals surface area (Å²) in [6, 6.07) is 0.954. The number of unbranched alkanes of at least 4 members (excludes halogenated alkanes) is 15. The van der Waals surface area contributed by atoms with Gasteiger partial charge in [-0.2, -0.15) is 0 Å². The van der Waals surface area contributed by atoms with E-state index in [2.05, 4.69) is 21.0 Å². The number of hydrogen-bond acceptors (Lipinski definition) is 0. The van der Waals surface area contributed by atoms with Gasteiger partial charge in [-0.1, -0.05) is 103 Å². The molecule has 1 rings (SSSR count). The maximum atomic E-state index is 2.45. The van der Waals surface area contributed by atoms with Crippen molar-refractivity contribution in [3.8, 4) is 0 Å². The van der Waals surface area contributed by atoms with Crippen LogP contribution in [-0.2, 0) is 0 Å². The van der Waals surface area contributed by atoms with Crippen molar-refractivity contribution in [3.05, 3.63) is 0 Å². The zero-order valence-corrected chi connectivity index (χ0v) is 18.9. The molecule has 1 nitrogen and oxygen atoms in total. The van der Waals surface area contributed by atoms with Crippen LogP contribution in [0.3, 0.4) is 0 Å². The fraction of sp³-hybridized carbons (Fsp3) is 1.00. The number of rotatable bonds is 17. The van der Waals surface area contributed by atoms with Gasteiger partial charge in [0.15, 0.2) is 0 Å². The summed E-state index contributed by atoms with van der Waals surface area (Å²) in [5, 5.41) is 0. The van der Waals surface area contributed by atoms with E-state index in [-0.39, 0.29) is 0 Å². The Hall–Kier alpha value is -0.0400. The van der Waals surface area contributed by atoms with Crippen molar-refractivity contribution in [2.45, 2.75) is 141 Å². The molecule has 0 bridgehead atoms. The van der Waals surface area contributed by atoms with Gasteiger partial charge in [0.05, 0.1) is 26.7 Å². The van der Waals surface area contributed by atoms with E-state index < -0.39 is 0 Å². The lowest BCUT2D eigenvalue weighted by atomic mass is 9.95. The Labute approximate surface area is 166 Å². The fourth-order valence-corrected chi connectivity index (χ4v) is 4.85. The van der Waals surface area contributed by atoms with Crippen molar-refractivity contribution in [2.75, 3.05) is 20.6 Å². The van der Waals surface area contributed by atoms with E-state index in [4.69, 9.17) is 0 Å². The average Bonchev–Trinajstić information content (AvgIpc) is 2.62. The lowest BCUT2D eigenvalue weighted by Gasteiger charge is -2.41. The molecule has 1 fully saturated rings. The maximum absolute atomic E-state index is 2.45. The number of likely N-dealkylation sites (tertiary alicyclic amines) is 1. The molecule has 0 aromatic carbocycles. The highest BCUT2D eigenvalue weighted by atomic mass is 15.3. The van der Waals surface area contributed by atoms with Crippen molar-refractivity contribution in [3.63, 3.8) is 0 Å². The third-order valence-corrected chi connectivity index (χ3v) is 6.90. The summed E-state index contributed by atoms with van der Waals surface area (Å²) < 4.78 is 1.29. The molecule has 0 saturated carbocycles. The van der Waals surface area contributed by atoms with Crippen LogP contribution >= 0.6 is 0 Å². The molecule has 156 valence electrons. The van der Waals surface area contributed by atoms with Crippen LogP contribution in [0.15, 0.2) is 0 Å². The first-order valence-corrected chi connectivity index (χ1v) is 12.5. The molecule has 0 aliphatic carbocycles. The van der Waals surface area contributed by atoms with Crippen LogP contribution in [0.2, 0.25) is 0 Å². The molecule has 1 atom stereocenters. The molecular formula is C25H52N+. The van der Waals surface area contributed by atoms with E-state index in [1.807, 2.05) is 0 Å². The SMILES string of the molecule is CCCCCCCCCCCCCCCCCCC1CCCC[N+]1(C)C. The first-order chi connectivity index (χ1) is 12.7. The second-order valence-electron chi connectivity index (χ2n) is 9.74. The van der Waals surface area contributed by atoms with Crippen LogP contribution < -0.4 is 0 Å². The second kappa shape index (κ2) is 16.0. The molecule has 1 heterocycles. The largest absolute Gasteiger partial charge is 0.326 e. The number of piperidine rings is 1. The summed E-state index contributed by atoms with van der Waals surface area (Å²) in [6.07, 6.45) is 29.5. The standard InChI is InChI=1S/C25H52N/c1-4-5-6-7-8-9-10-11-12-13-14-15-16-17-18-19-22-25-23-20-21-24-26(25,2)3/h25H,4-24H2,1-3H3/q+1. The summed E-state index contributed by atoms with van der Waals surface area (Å²) in [6.45, 7) is 3.71. The van der Waals surface area contributed by atoms with Crippen molar-refractivity contribution < 1.29 is 4.48 Å². The molecule has 0 aromatic heterocycles. The van der Waals surface area contributed by atoms with Crippen LogP contribution in [0.5, 0.6) is 0 Å². The minimum absolute atomic E-state index is 0.954. The van der Waals surface area contributed by atoms with E-state index in [9.17, 15) is 0 Å². The molecular weight excluding hydrogens is 314 g/mol. The highest BCUT2D eigenvalue weighted by Gasteiger charge is 2.30. The van der Waals surface area contributed by atoms with E-state index in [1.54, 1.807) is 0 Å². The molecule has 1 aliphatic rings. The maximum Gasteiger partial charge on any atom is 0.0886 e. The van der Waals surface area contributed by atoms with Gasteiger partial charge < -0.3 is 4.48 Å². The highest BCUT2D eigenvalue weighted by molar-refractivity contribution is 4.65. The highest BCUT2D eigenvalue weighted by Crippen LogP contribution is 2.26. The summed E-state index contributed by atoms with van der Waals surface area (Å²) in [5.41, 5.74) is 0. The van der Waals surface area contributed by atoms with Gasteiger partial charge in [-0.3, -0.25) is 0 Å². The normalized spacial score (nSPS) is 19.7. The van der Waals surface area contributed by atoms with Gasteiger partial charge in [0.2, 0.25) is 0 Å². The first kappa shape index (κ1) is 24.0. The van der Waals surface area contributed by atoms with Crippen molar-refractivity contribution in [1.29, 1.82) is 0 Å². The predicted octanol–water partition coefficient (Wildman–Crippen LogP) is 8.27. The molecule has 0 amide bonds. The summed E-state index contributed by atoms with van der Waals surface area (Å²) in [5.74, 6) is 0. The Balaban J connectivity index is 1.76. The molecule has 0 spiro atoms.